The van der Waals surface area contributed by atoms with Crippen LogP contribution in [-0.4, -0.2) is 15.3 Å². The number of benzene rings is 1. The molecule has 0 atom stereocenters. The van der Waals surface area contributed by atoms with Crippen LogP contribution in [0.25, 0.3) is 11.3 Å². The molecular weight excluding hydrogens is 190 g/mol. The van der Waals surface area contributed by atoms with Gasteiger partial charge in [0, 0.05) is 5.56 Å². The summed E-state index contributed by atoms with van der Waals surface area (Å²) >= 11 is 0. The molecule has 2 rings (SSSR count). The van der Waals surface area contributed by atoms with Gasteiger partial charge in [-0.1, -0.05) is 0 Å². The molecule has 0 aliphatic carbocycles. The Bertz CT molecular complexity index is 503. The molecule has 4 nitrogen and oxygen atoms in total. The smallest absolute Gasteiger partial charge is 0.125 e. The highest BCUT2D eigenvalue weighted by atomic mass is 16.3. The number of anilines is 1. The molecule has 0 saturated heterocycles. The Balaban J connectivity index is 2.64. The van der Waals surface area contributed by atoms with Crippen LogP contribution in [0.3, 0.4) is 0 Å². The Hall–Kier alpha value is -1.97. The van der Waals surface area contributed by atoms with E-state index in [-0.39, 0.29) is 5.75 Å². The molecule has 15 heavy (non-hydrogen) atoms. The van der Waals surface area contributed by atoms with Gasteiger partial charge in [-0.25, -0.2) is 0 Å². The molecule has 1 heterocycles. The predicted octanol–water partition coefficient (Wildman–Crippen LogP) is 1.98. The Morgan fingerprint density at radius 2 is 1.93 bits per heavy atom. The van der Waals surface area contributed by atoms with Crippen LogP contribution in [0.5, 0.6) is 5.75 Å². The Morgan fingerprint density at radius 3 is 2.53 bits per heavy atom. The van der Waals surface area contributed by atoms with Crippen LogP contribution in [0.2, 0.25) is 0 Å². The number of hydrogen-bond donors (Lipinski definition) is 3. The standard InChI is InChI=1S/C11H13N3O/c1-6-3-8(10(15)4-7(6)2)11-9(12)5-13-14-11/h3-5,15H,12H2,1-2H3,(H,13,14). The second-order valence-corrected chi connectivity index (χ2v) is 3.65. The van der Waals surface area contributed by atoms with Crippen LogP contribution in [0.1, 0.15) is 11.1 Å². The van der Waals surface area contributed by atoms with Gasteiger partial charge in [0.1, 0.15) is 5.75 Å². The molecule has 1 aromatic carbocycles. The second kappa shape index (κ2) is 3.31. The number of H-pyrrole nitrogens is 1. The topological polar surface area (TPSA) is 74.9 Å². The molecule has 0 saturated carbocycles. The minimum absolute atomic E-state index is 0.217. The van der Waals surface area contributed by atoms with Gasteiger partial charge in [0.05, 0.1) is 17.6 Å². The number of aromatic nitrogens is 2. The van der Waals surface area contributed by atoms with E-state index in [1.165, 1.54) is 6.20 Å². The average molecular weight is 203 g/mol. The van der Waals surface area contributed by atoms with Crippen LogP contribution in [0.4, 0.5) is 5.69 Å². The molecular formula is C11H13N3O. The van der Waals surface area contributed by atoms with Crippen molar-refractivity contribution in [2.45, 2.75) is 13.8 Å². The zero-order valence-electron chi connectivity index (χ0n) is 8.70. The maximum absolute atomic E-state index is 9.81. The van der Waals surface area contributed by atoms with E-state index in [0.29, 0.717) is 16.9 Å². The summed E-state index contributed by atoms with van der Waals surface area (Å²) in [5, 5.41) is 16.4. The van der Waals surface area contributed by atoms with Gasteiger partial charge in [-0.15, -0.1) is 0 Å². The number of hydrogen-bond acceptors (Lipinski definition) is 3. The summed E-state index contributed by atoms with van der Waals surface area (Å²) in [6, 6.07) is 3.62. The fraction of sp³-hybridized carbons (Fsp3) is 0.182. The first kappa shape index (κ1) is 9.58. The van der Waals surface area contributed by atoms with Crippen LogP contribution >= 0.6 is 0 Å². The summed E-state index contributed by atoms with van der Waals surface area (Å²) in [5.41, 5.74) is 9.77. The van der Waals surface area contributed by atoms with Crippen molar-refractivity contribution in [1.29, 1.82) is 0 Å². The number of phenolic OH excluding ortho intramolecular Hbond substituents is 1. The zero-order valence-corrected chi connectivity index (χ0v) is 8.70. The molecule has 0 radical (unpaired) electrons. The summed E-state index contributed by atoms with van der Waals surface area (Å²) in [5.74, 6) is 0.217. The number of aromatic amines is 1. The number of rotatable bonds is 1. The fourth-order valence-corrected chi connectivity index (χ4v) is 1.51. The first-order chi connectivity index (χ1) is 7.09. The van der Waals surface area contributed by atoms with E-state index in [0.717, 1.165) is 11.1 Å². The fourth-order valence-electron chi connectivity index (χ4n) is 1.51. The van der Waals surface area contributed by atoms with Gasteiger partial charge >= 0.3 is 0 Å². The highest BCUT2D eigenvalue weighted by molar-refractivity contribution is 5.77. The molecule has 0 bridgehead atoms. The molecule has 4 heteroatoms. The molecule has 1 aromatic heterocycles. The number of phenols is 1. The molecule has 0 aliphatic rings. The van der Waals surface area contributed by atoms with E-state index in [1.807, 2.05) is 19.9 Å². The maximum atomic E-state index is 9.81. The first-order valence-corrected chi connectivity index (χ1v) is 4.69. The largest absolute Gasteiger partial charge is 0.507 e. The summed E-state index contributed by atoms with van der Waals surface area (Å²) in [6.45, 7) is 3.94. The number of nitrogen functional groups attached to an aromatic ring is 1. The van der Waals surface area contributed by atoms with Crippen LogP contribution < -0.4 is 5.73 Å². The van der Waals surface area contributed by atoms with Crippen LogP contribution in [-0.2, 0) is 0 Å². The van der Waals surface area contributed by atoms with Gasteiger partial charge in [-0.05, 0) is 37.1 Å². The molecule has 0 unspecified atom stereocenters. The van der Waals surface area contributed by atoms with Gasteiger partial charge < -0.3 is 10.8 Å². The molecule has 78 valence electrons. The lowest BCUT2D eigenvalue weighted by Gasteiger charge is -2.07. The Kier molecular flexibility index (Phi) is 2.11. The van der Waals surface area contributed by atoms with E-state index in [4.69, 9.17) is 5.73 Å². The van der Waals surface area contributed by atoms with E-state index in [2.05, 4.69) is 10.2 Å². The van der Waals surface area contributed by atoms with Crippen molar-refractivity contribution in [3.8, 4) is 17.0 Å². The van der Waals surface area contributed by atoms with Gasteiger partial charge in [0.2, 0.25) is 0 Å². The van der Waals surface area contributed by atoms with E-state index in [1.54, 1.807) is 6.07 Å². The first-order valence-electron chi connectivity index (χ1n) is 4.69. The van der Waals surface area contributed by atoms with Gasteiger partial charge in [0.15, 0.2) is 0 Å². The molecule has 0 fully saturated rings. The Labute approximate surface area is 87.7 Å². The van der Waals surface area contributed by atoms with Gasteiger partial charge in [-0.3, -0.25) is 5.10 Å². The Morgan fingerprint density at radius 1 is 1.27 bits per heavy atom. The minimum atomic E-state index is 0.217. The van der Waals surface area contributed by atoms with Crippen molar-refractivity contribution < 1.29 is 5.11 Å². The summed E-state index contributed by atoms with van der Waals surface area (Å²) in [4.78, 5) is 0. The summed E-state index contributed by atoms with van der Waals surface area (Å²) in [7, 11) is 0. The van der Waals surface area contributed by atoms with Crippen molar-refractivity contribution in [3.05, 3.63) is 29.5 Å². The monoisotopic (exact) mass is 203 g/mol. The lowest BCUT2D eigenvalue weighted by atomic mass is 10.0. The SMILES string of the molecule is Cc1cc(O)c(-c2[nH]ncc2N)cc1C. The van der Waals surface area contributed by atoms with Gasteiger partial charge in [0.25, 0.3) is 0 Å². The number of nitrogens with two attached hydrogens (primary N) is 1. The minimum Gasteiger partial charge on any atom is -0.507 e. The molecule has 0 aliphatic heterocycles. The summed E-state index contributed by atoms with van der Waals surface area (Å²) in [6.07, 6.45) is 1.53. The van der Waals surface area contributed by atoms with Crippen molar-refractivity contribution >= 4 is 5.69 Å². The quantitative estimate of drug-likeness (QED) is 0.663. The molecule has 0 amide bonds. The average Bonchev–Trinajstić information content (AvgIpc) is 2.58. The van der Waals surface area contributed by atoms with Crippen molar-refractivity contribution in [1.82, 2.24) is 10.2 Å². The maximum Gasteiger partial charge on any atom is 0.125 e. The number of nitrogens with one attached hydrogen (secondary N) is 1. The van der Waals surface area contributed by atoms with Gasteiger partial charge in [-0.2, -0.15) is 5.10 Å². The number of aryl methyl sites for hydroxylation is 2. The molecule has 0 spiro atoms. The van der Waals surface area contributed by atoms with Crippen LogP contribution in [0, 0.1) is 13.8 Å². The molecule has 4 N–H and O–H groups in total. The second-order valence-electron chi connectivity index (χ2n) is 3.65. The van der Waals surface area contributed by atoms with E-state index < -0.39 is 0 Å². The number of aromatic hydroxyl groups is 1. The van der Waals surface area contributed by atoms with E-state index >= 15 is 0 Å². The zero-order chi connectivity index (χ0) is 11.0. The lowest BCUT2D eigenvalue weighted by molar-refractivity contribution is 0.476. The highest BCUT2D eigenvalue weighted by Gasteiger charge is 2.10. The third-order valence-corrected chi connectivity index (χ3v) is 2.55. The van der Waals surface area contributed by atoms with Crippen molar-refractivity contribution in [3.63, 3.8) is 0 Å². The molecule has 2 aromatic rings. The highest BCUT2D eigenvalue weighted by Crippen LogP contribution is 2.33. The van der Waals surface area contributed by atoms with E-state index in [9.17, 15) is 5.11 Å². The third-order valence-electron chi connectivity index (χ3n) is 2.55. The van der Waals surface area contributed by atoms with Crippen molar-refractivity contribution in [2.75, 3.05) is 5.73 Å². The normalized spacial score (nSPS) is 10.5. The third kappa shape index (κ3) is 1.54. The van der Waals surface area contributed by atoms with Crippen molar-refractivity contribution in [2.24, 2.45) is 0 Å². The summed E-state index contributed by atoms with van der Waals surface area (Å²) < 4.78 is 0. The van der Waals surface area contributed by atoms with Crippen LogP contribution in [0.15, 0.2) is 18.3 Å². The lowest BCUT2D eigenvalue weighted by Crippen LogP contribution is -1.89. The number of nitrogens with zero attached hydrogens (tertiary/aromatic N) is 1. The predicted molar refractivity (Wildman–Crippen MR) is 59.6 cm³/mol.